The highest BCUT2D eigenvalue weighted by molar-refractivity contribution is 5.97. The molecule has 136 valence electrons. The van der Waals surface area contributed by atoms with Crippen LogP contribution in [0.3, 0.4) is 0 Å². The average Bonchev–Trinajstić information content (AvgIpc) is 2.83. The molecule has 0 spiro atoms. The first-order valence-electron chi connectivity index (χ1n) is 9.50. The SMILES string of the molecule is C=CCNC(=O)c1nc(C(=O)NC2CCCCCC2)n2c1CCCC2. The highest BCUT2D eigenvalue weighted by Crippen LogP contribution is 2.22. The van der Waals surface area contributed by atoms with Crippen LogP contribution in [0.1, 0.15) is 78.2 Å². The smallest absolute Gasteiger partial charge is 0.287 e. The Morgan fingerprint density at radius 2 is 1.88 bits per heavy atom. The quantitative estimate of drug-likeness (QED) is 0.637. The Balaban J connectivity index is 1.80. The molecule has 2 aliphatic rings. The van der Waals surface area contributed by atoms with Crippen molar-refractivity contribution >= 4 is 11.8 Å². The van der Waals surface area contributed by atoms with E-state index in [0.29, 0.717) is 18.1 Å². The molecule has 0 atom stereocenters. The summed E-state index contributed by atoms with van der Waals surface area (Å²) in [7, 11) is 0. The molecule has 0 radical (unpaired) electrons. The summed E-state index contributed by atoms with van der Waals surface area (Å²) in [6, 6.07) is 0.226. The first kappa shape index (κ1) is 17.7. The summed E-state index contributed by atoms with van der Waals surface area (Å²) in [5, 5.41) is 5.93. The van der Waals surface area contributed by atoms with Crippen molar-refractivity contribution in [3.05, 3.63) is 29.9 Å². The van der Waals surface area contributed by atoms with Gasteiger partial charge in [-0.15, -0.1) is 6.58 Å². The van der Waals surface area contributed by atoms with Crippen LogP contribution in [0, 0.1) is 0 Å². The maximum Gasteiger partial charge on any atom is 0.287 e. The van der Waals surface area contributed by atoms with Crippen LogP contribution < -0.4 is 10.6 Å². The lowest BCUT2D eigenvalue weighted by molar-refractivity contribution is 0.0917. The third-order valence-corrected chi connectivity index (χ3v) is 5.13. The number of carbonyl (C=O) groups is 2. The summed E-state index contributed by atoms with van der Waals surface area (Å²) >= 11 is 0. The van der Waals surface area contributed by atoms with Crippen molar-refractivity contribution in [2.75, 3.05) is 6.54 Å². The summed E-state index contributed by atoms with van der Waals surface area (Å²) in [5.74, 6) is 0.0274. The summed E-state index contributed by atoms with van der Waals surface area (Å²) in [6.07, 6.45) is 11.4. The third kappa shape index (κ3) is 4.11. The molecular formula is C19H28N4O2. The highest BCUT2D eigenvalue weighted by Gasteiger charge is 2.28. The van der Waals surface area contributed by atoms with Gasteiger partial charge in [-0.25, -0.2) is 4.98 Å². The molecule has 2 heterocycles. The number of rotatable bonds is 5. The highest BCUT2D eigenvalue weighted by atomic mass is 16.2. The minimum absolute atomic E-state index is 0.141. The van der Waals surface area contributed by atoms with Crippen molar-refractivity contribution in [1.82, 2.24) is 20.2 Å². The summed E-state index contributed by atoms with van der Waals surface area (Å²) in [4.78, 5) is 29.6. The molecule has 1 aliphatic heterocycles. The van der Waals surface area contributed by atoms with Gasteiger partial charge in [0, 0.05) is 19.1 Å². The van der Waals surface area contributed by atoms with E-state index in [-0.39, 0.29) is 17.9 Å². The van der Waals surface area contributed by atoms with E-state index in [2.05, 4.69) is 22.2 Å². The maximum absolute atomic E-state index is 12.8. The van der Waals surface area contributed by atoms with Crippen LogP contribution in [-0.2, 0) is 13.0 Å². The number of amides is 2. The van der Waals surface area contributed by atoms with Gasteiger partial charge in [-0.05, 0) is 32.1 Å². The fraction of sp³-hybridized carbons (Fsp3) is 0.632. The third-order valence-electron chi connectivity index (χ3n) is 5.13. The molecule has 1 fully saturated rings. The van der Waals surface area contributed by atoms with Crippen LogP contribution in [0.15, 0.2) is 12.7 Å². The van der Waals surface area contributed by atoms with Crippen LogP contribution in [0.2, 0.25) is 0 Å². The van der Waals surface area contributed by atoms with E-state index in [9.17, 15) is 9.59 Å². The Morgan fingerprint density at radius 3 is 2.60 bits per heavy atom. The van der Waals surface area contributed by atoms with Crippen LogP contribution in [0.5, 0.6) is 0 Å². The fourth-order valence-corrected chi connectivity index (χ4v) is 3.82. The zero-order valence-electron chi connectivity index (χ0n) is 14.9. The lowest BCUT2D eigenvalue weighted by atomic mass is 10.1. The molecule has 1 aliphatic carbocycles. The molecule has 25 heavy (non-hydrogen) atoms. The second kappa shape index (κ2) is 8.32. The fourth-order valence-electron chi connectivity index (χ4n) is 3.82. The summed E-state index contributed by atoms with van der Waals surface area (Å²) in [6.45, 7) is 4.77. The Morgan fingerprint density at radius 1 is 1.12 bits per heavy atom. The molecule has 0 saturated heterocycles. The normalized spacial score (nSPS) is 18.1. The largest absolute Gasteiger partial charge is 0.347 e. The van der Waals surface area contributed by atoms with E-state index < -0.39 is 0 Å². The molecule has 3 rings (SSSR count). The molecule has 0 aromatic carbocycles. The minimum atomic E-state index is -0.223. The van der Waals surface area contributed by atoms with E-state index in [1.165, 1.54) is 25.7 Å². The van der Waals surface area contributed by atoms with Crippen molar-refractivity contribution < 1.29 is 9.59 Å². The zero-order valence-corrected chi connectivity index (χ0v) is 14.9. The number of hydrogen-bond donors (Lipinski definition) is 2. The molecule has 0 bridgehead atoms. The monoisotopic (exact) mass is 344 g/mol. The van der Waals surface area contributed by atoms with Gasteiger partial charge in [-0.1, -0.05) is 31.8 Å². The van der Waals surface area contributed by atoms with E-state index >= 15 is 0 Å². The van der Waals surface area contributed by atoms with Crippen molar-refractivity contribution in [3.63, 3.8) is 0 Å². The van der Waals surface area contributed by atoms with Crippen LogP contribution in [0.25, 0.3) is 0 Å². The number of hydrogen-bond acceptors (Lipinski definition) is 3. The number of imidazole rings is 1. The molecule has 2 N–H and O–H groups in total. The standard InChI is InChI=1S/C19H28N4O2/c1-2-12-20-18(24)16-15-11-7-8-13-23(15)17(22-16)19(25)21-14-9-5-3-4-6-10-14/h2,14H,1,3-13H2,(H,20,24)(H,21,25). The van der Waals surface area contributed by atoms with E-state index in [1.807, 2.05) is 4.57 Å². The van der Waals surface area contributed by atoms with Gasteiger partial charge in [-0.2, -0.15) is 0 Å². The van der Waals surface area contributed by atoms with Gasteiger partial charge in [-0.3, -0.25) is 9.59 Å². The van der Waals surface area contributed by atoms with E-state index in [1.54, 1.807) is 6.08 Å². The van der Waals surface area contributed by atoms with Crippen molar-refractivity contribution in [3.8, 4) is 0 Å². The predicted octanol–water partition coefficient (Wildman–Crippen LogP) is 2.59. The first-order chi connectivity index (χ1) is 12.2. The Labute approximate surface area is 149 Å². The average molecular weight is 344 g/mol. The predicted molar refractivity (Wildman–Crippen MR) is 96.7 cm³/mol. The number of carbonyl (C=O) groups excluding carboxylic acids is 2. The number of nitrogens with zero attached hydrogens (tertiary/aromatic N) is 2. The van der Waals surface area contributed by atoms with Gasteiger partial charge in [0.1, 0.15) is 5.69 Å². The Hall–Kier alpha value is -2.11. The van der Waals surface area contributed by atoms with Crippen molar-refractivity contribution in [2.45, 2.75) is 70.4 Å². The van der Waals surface area contributed by atoms with Gasteiger partial charge < -0.3 is 15.2 Å². The number of aromatic nitrogens is 2. The van der Waals surface area contributed by atoms with Crippen LogP contribution >= 0.6 is 0 Å². The number of nitrogens with one attached hydrogen (secondary N) is 2. The molecule has 1 aromatic rings. The van der Waals surface area contributed by atoms with Gasteiger partial charge in [0.2, 0.25) is 0 Å². The topological polar surface area (TPSA) is 76.0 Å². The molecule has 6 heteroatoms. The van der Waals surface area contributed by atoms with Gasteiger partial charge in [0.15, 0.2) is 5.82 Å². The van der Waals surface area contributed by atoms with Crippen molar-refractivity contribution in [2.24, 2.45) is 0 Å². The molecule has 2 amide bonds. The minimum Gasteiger partial charge on any atom is -0.347 e. The van der Waals surface area contributed by atoms with Gasteiger partial charge in [0.05, 0.1) is 5.69 Å². The second-order valence-corrected chi connectivity index (χ2v) is 7.00. The lowest BCUT2D eigenvalue weighted by Gasteiger charge is -2.19. The van der Waals surface area contributed by atoms with Crippen molar-refractivity contribution in [1.29, 1.82) is 0 Å². The summed E-state index contributed by atoms with van der Waals surface area (Å²) < 4.78 is 1.94. The molecule has 1 saturated carbocycles. The van der Waals surface area contributed by atoms with E-state index in [0.717, 1.165) is 44.3 Å². The Bertz CT molecular complexity index is 642. The van der Waals surface area contributed by atoms with Crippen LogP contribution in [-0.4, -0.2) is 34.0 Å². The Kier molecular flexibility index (Phi) is 5.89. The first-order valence-corrected chi connectivity index (χ1v) is 9.50. The molecule has 1 aromatic heterocycles. The molecular weight excluding hydrogens is 316 g/mol. The van der Waals surface area contributed by atoms with Gasteiger partial charge in [0.25, 0.3) is 11.8 Å². The maximum atomic E-state index is 12.8. The van der Waals surface area contributed by atoms with Crippen LogP contribution in [0.4, 0.5) is 0 Å². The summed E-state index contributed by atoms with van der Waals surface area (Å²) in [5.41, 5.74) is 1.28. The second-order valence-electron chi connectivity index (χ2n) is 7.00. The lowest BCUT2D eigenvalue weighted by Crippen LogP contribution is -2.36. The van der Waals surface area contributed by atoms with Gasteiger partial charge >= 0.3 is 0 Å². The molecule has 6 nitrogen and oxygen atoms in total. The van der Waals surface area contributed by atoms with E-state index in [4.69, 9.17) is 0 Å². The zero-order chi connectivity index (χ0) is 17.6. The number of fused-ring (bicyclic) bond motifs is 1. The molecule has 0 unspecified atom stereocenters.